The van der Waals surface area contributed by atoms with Crippen molar-refractivity contribution in [3.05, 3.63) is 12.0 Å². The fourth-order valence-corrected chi connectivity index (χ4v) is 0.337. The van der Waals surface area contributed by atoms with E-state index in [-0.39, 0.29) is 6.79 Å². The predicted molar refractivity (Wildman–Crippen MR) is 43.3 cm³/mol. The Morgan fingerprint density at radius 3 is 1.93 bits per heavy atom. The molecule has 0 aliphatic heterocycles. The van der Waals surface area contributed by atoms with E-state index >= 15 is 0 Å². The SMILES string of the molecule is C[C-](C)COOOCO[C-](C)C.[Rf].[Rf]. The summed E-state index contributed by atoms with van der Waals surface area (Å²) in [7, 11) is 0. The molecular formula is C8H16O4Rf2-2. The summed E-state index contributed by atoms with van der Waals surface area (Å²) in [4.78, 5) is 9.14. The summed E-state index contributed by atoms with van der Waals surface area (Å²) in [5.41, 5.74) is 0. The predicted octanol–water partition coefficient (Wildman–Crippen LogP) is 2.03. The Kier molecular flexibility index (Phi) is 13.8. The molecule has 0 aliphatic rings. The van der Waals surface area contributed by atoms with E-state index in [9.17, 15) is 0 Å². The van der Waals surface area contributed by atoms with Crippen molar-refractivity contribution in [2.45, 2.75) is 27.7 Å². The minimum atomic E-state index is 0. The number of ether oxygens (including phenoxy) is 1. The molecule has 0 saturated carbocycles. The summed E-state index contributed by atoms with van der Waals surface area (Å²) >= 11 is 0. The van der Waals surface area contributed by atoms with Crippen LogP contribution in [-0.2, 0) is 19.6 Å². The van der Waals surface area contributed by atoms with Gasteiger partial charge in [0.05, 0.1) is 0 Å². The quantitative estimate of drug-likeness (QED) is 0.134. The van der Waals surface area contributed by atoms with E-state index in [0.717, 1.165) is 12.0 Å². The van der Waals surface area contributed by atoms with Crippen LogP contribution >= 0.6 is 0 Å². The van der Waals surface area contributed by atoms with Gasteiger partial charge in [-0.2, -0.15) is 32.6 Å². The average Bonchev–Trinajstić information content (AvgIpc) is 1.95. The van der Waals surface area contributed by atoms with Crippen molar-refractivity contribution in [2.24, 2.45) is 0 Å². The zero-order chi connectivity index (χ0) is 9.40. The summed E-state index contributed by atoms with van der Waals surface area (Å²) in [5.74, 6) is 1.11. The second-order valence-corrected chi connectivity index (χ2v) is 2.83. The largest absolute Gasteiger partial charge is 0.527 e. The van der Waals surface area contributed by atoms with Crippen molar-refractivity contribution in [2.75, 3.05) is 13.4 Å². The summed E-state index contributed by atoms with van der Waals surface area (Å²) < 4.78 is 4.93. The Labute approximate surface area is 73.6 Å². The van der Waals surface area contributed by atoms with Gasteiger partial charge >= 0.3 is 0 Å². The molecule has 0 amide bonds. The number of hydrogen-bond donors (Lipinski definition) is 0. The molecule has 6 heteroatoms. The molecule has 0 heterocycles. The summed E-state index contributed by atoms with van der Waals surface area (Å²) in [5, 5.41) is 4.34. The molecule has 14 heavy (non-hydrogen) atoms. The molecule has 0 rings (SSSR count). The van der Waals surface area contributed by atoms with Crippen molar-refractivity contribution in [1.82, 2.24) is 0 Å². The van der Waals surface area contributed by atoms with Crippen molar-refractivity contribution in [3.63, 3.8) is 0 Å². The maximum atomic E-state index is 4.93. The average molecular weight is 710 g/mol. The molecule has 0 radical (unpaired) electrons. The molecule has 0 bridgehead atoms. The molecule has 0 aromatic rings. The Morgan fingerprint density at radius 1 is 0.929 bits per heavy atom. The van der Waals surface area contributed by atoms with Crippen molar-refractivity contribution in [1.29, 1.82) is 0 Å². The third-order valence-electron chi connectivity index (χ3n) is 0.840. The van der Waals surface area contributed by atoms with Gasteiger partial charge in [0.25, 0.3) is 0 Å². The molecule has 78 valence electrons. The van der Waals surface area contributed by atoms with Gasteiger partial charge in [0.15, 0.2) is 6.79 Å². The van der Waals surface area contributed by atoms with Crippen LogP contribution in [0.5, 0.6) is 0 Å². The molecular weight excluding hydrogens is 694 g/mol. The van der Waals surface area contributed by atoms with Crippen LogP contribution in [0.3, 0.4) is 0 Å². The van der Waals surface area contributed by atoms with Crippen LogP contribution in [0.2, 0.25) is 0 Å². The molecule has 0 atom stereocenters. The minimum absolute atomic E-state index is 0. The molecule has 0 unspecified atom stereocenters. The molecule has 0 saturated heterocycles. The van der Waals surface area contributed by atoms with Gasteiger partial charge in [-0.1, -0.05) is 5.04 Å². The Hall–Kier alpha value is -2.16. The van der Waals surface area contributed by atoms with E-state index in [1.807, 2.05) is 27.7 Å². The molecule has 0 aliphatic carbocycles. The van der Waals surface area contributed by atoms with Gasteiger partial charge in [-0.25, -0.2) is 11.0 Å². The van der Waals surface area contributed by atoms with E-state index in [1.165, 1.54) is 0 Å². The van der Waals surface area contributed by atoms with Gasteiger partial charge in [0.2, 0.25) is 0 Å². The molecule has 0 fully saturated rings. The summed E-state index contributed by atoms with van der Waals surface area (Å²) in [6, 6.07) is 0. The van der Waals surface area contributed by atoms with Gasteiger partial charge in [0.1, 0.15) is 0 Å². The first-order chi connectivity index (χ1) is 5.63. The van der Waals surface area contributed by atoms with E-state index in [1.54, 1.807) is 0 Å². The van der Waals surface area contributed by atoms with Gasteiger partial charge < -0.3 is 4.74 Å². The van der Waals surface area contributed by atoms with Crippen LogP contribution in [-0.4, -0.2) is 13.4 Å². The monoisotopic (exact) mass is 710 g/mol. The molecule has 4 nitrogen and oxygen atoms in total. The standard InChI is InChI=1S/C8H16O4.2Rf/c1-7(2)5-10-12-11-6-9-8(3)4;;/h5-6H2,1-4H3;;/q-2;;. The third-order valence-corrected chi connectivity index (χ3v) is 0.840. The molecule has 0 aromatic carbocycles. The second-order valence-electron chi connectivity index (χ2n) is 2.83. The van der Waals surface area contributed by atoms with Crippen molar-refractivity contribution >= 4 is 0 Å². The summed E-state index contributed by atoms with van der Waals surface area (Å²) in [6.07, 6.45) is 0.817. The second kappa shape index (κ2) is 10.8. The normalized spacial score (nSPS) is 9.86. The minimum Gasteiger partial charge on any atom is -0.527 e. The van der Waals surface area contributed by atoms with Crippen LogP contribution in [0.1, 0.15) is 27.7 Å². The van der Waals surface area contributed by atoms with Crippen molar-refractivity contribution in [3.8, 4) is 0 Å². The first kappa shape index (κ1) is 17.8. The zero-order valence-electron chi connectivity index (χ0n) is 9.46. The fraction of sp³-hybridized carbons (Fsp3) is 0.750. The van der Waals surface area contributed by atoms with Gasteiger partial charge in [-0.3, -0.25) is 5.92 Å². The van der Waals surface area contributed by atoms with Crippen molar-refractivity contribution < 1.29 is 19.6 Å². The smallest absolute Gasteiger partial charge is 0.155 e. The number of rotatable bonds is 7. The zero-order valence-corrected chi connectivity index (χ0v) is 22.3. The molecule has 0 N–H and O–H groups in total. The van der Waals surface area contributed by atoms with Crippen LogP contribution in [0, 0.1) is 12.0 Å². The van der Waals surface area contributed by atoms with E-state index in [4.69, 9.17) is 4.74 Å². The van der Waals surface area contributed by atoms with E-state index in [2.05, 4.69) is 14.8 Å². The first-order valence-electron chi connectivity index (χ1n) is 3.76. The summed E-state index contributed by atoms with van der Waals surface area (Å²) in [6.45, 7) is 8.00. The topological polar surface area (TPSA) is 36.9 Å². The Bertz CT molecular complexity index is 89.3. The third kappa shape index (κ3) is 16.4. The van der Waals surface area contributed by atoms with E-state index < -0.39 is 0 Å². The van der Waals surface area contributed by atoms with Gasteiger partial charge in [0, 0.05) is 0 Å². The number of hydrogen-bond acceptors (Lipinski definition) is 4. The Balaban J connectivity index is -0.000000605. The van der Waals surface area contributed by atoms with Crippen LogP contribution in [0.15, 0.2) is 0 Å². The molecule has 0 spiro atoms. The maximum absolute atomic E-state index is 4.93. The van der Waals surface area contributed by atoms with Gasteiger partial charge in [-0.15, -0.1) is 0 Å². The Morgan fingerprint density at radius 2 is 1.50 bits per heavy atom. The van der Waals surface area contributed by atoms with E-state index in [0.29, 0.717) is 6.61 Å². The van der Waals surface area contributed by atoms with Crippen LogP contribution < -0.4 is 0 Å². The maximum Gasteiger partial charge on any atom is 0.155 e. The first-order valence-corrected chi connectivity index (χ1v) is 3.76. The fourth-order valence-electron chi connectivity index (χ4n) is 0.337. The molecule has 0 aromatic heterocycles. The van der Waals surface area contributed by atoms with Crippen LogP contribution in [0.4, 0.5) is 0 Å². The van der Waals surface area contributed by atoms with Gasteiger partial charge in [-0.05, 0) is 6.61 Å². The van der Waals surface area contributed by atoms with Crippen LogP contribution in [0.25, 0.3) is 0 Å².